The standard InChI is InChI=1S/C31H33FO5/c1-7-22(18-30(33)35-6)23-10-9-11-25(17-23)36-20-21-12-14-26(29(16-21)37-31(3,4)8-2)27-19-24(34-5)13-15-28(27)32/h2,9-17,19,22H,7,18,20H2,1,3-6H3. The van der Waals surface area contributed by atoms with Gasteiger partial charge >= 0.3 is 5.97 Å². The maximum absolute atomic E-state index is 14.8. The van der Waals surface area contributed by atoms with E-state index >= 15 is 0 Å². The van der Waals surface area contributed by atoms with Crippen molar-refractivity contribution in [2.24, 2.45) is 0 Å². The number of rotatable bonds is 11. The van der Waals surface area contributed by atoms with E-state index in [1.807, 2.05) is 43.3 Å². The lowest BCUT2D eigenvalue weighted by Gasteiger charge is -2.23. The summed E-state index contributed by atoms with van der Waals surface area (Å²) < 4.78 is 37.1. The third kappa shape index (κ3) is 7.27. The molecule has 0 saturated carbocycles. The van der Waals surface area contributed by atoms with Crippen molar-refractivity contribution >= 4 is 5.97 Å². The third-order valence-corrected chi connectivity index (χ3v) is 6.09. The summed E-state index contributed by atoms with van der Waals surface area (Å²) in [5, 5.41) is 0. The van der Waals surface area contributed by atoms with Crippen molar-refractivity contribution < 1.29 is 28.1 Å². The molecule has 0 amide bonds. The van der Waals surface area contributed by atoms with Crippen LogP contribution in [0.4, 0.5) is 4.39 Å². The van der Waals surface area contributed by atoms with E-state index in [1.54, 1.807) is 32.0 Å². The van der Waals surface area contributed by atoms with Crippen LogP contribution in [0.25, 0.3) is 11.1 Å². The van der Waals surface area contributed by atoms with Gasteiger partial charge in [0.1, 0.15) is 29.7 Å². The Kier molecular flexibility index (Phi) is 9.19. The van der Waals surface area contributed by atoms with Crippen LogP contribution in [-0.4, -0.2) is 25.8 Å². The normalized spacial score (nSPS) is 11.8. The van der Waals surface area contributed by atoms with Gasteiger partial charge < -0.3 is 18.9 Å². The highest BCUT2D eigenvalue weighted by Crippen LogP contribution is 2.37. The van der Waals surface area contributed by atoms with Crippen LogP contribution in [0.3, 0.4) is 0 Å². The smallest absolute Gasteiger partial charge is 0.306 e. The second kappa shape index (κ2) is 12.3. The summed E-state index contributed by atoms with van der Waals surface area (Å²) in [4.78, 5) is 11.8. The maximum atomic E-state index is 14.8. The Bertz CT molecular complexity index is 1270. The predicted octanol–water partition coefficient (Wildman–Crippen LogP) is 6.93. The number of halogens is 1. The van der Waals surface area contributed by atoms with Crippen molar-refractivity contribution in [1.82, 2.24) is 0 Å². The molecule has 0 spiro atoms. The first kappa shape index (κ1) is 27.6. The molecule has 5 nitrogen and oxygen atoms in total. The van der Waals surface area contributed by atoms with Gasteiger partial charge in [-0.2, -0.15) is 0 Å². The molecule has 3 aromatic carbocycles. The van der Waals surface area contributed by atoms with Gasteiger partial charge in [0.25, 0.3) is 0 Å². The Morgan fingerprint density at radius 2 is 1.81 bits per heavy atom. The van der Waals surface area contributed by atoms with Crippen molar-refractivity contribution in [2.45, 2.75) is 51.7 Å². The number of esters is 1. The van der Waals surface area contributed by atoms with Crippen molar-refractivity contribution in [3.8, 4) is 40.7 Å². The zero-order valence-electron chi connectivity index (χ0n) is 22.0. The van der Waals surface area contributed by atoms with Crippen LogP contribution in [0.15, 0.2) is 60.7 Å². The molecule has 3 aromatic rings. The first-order chi connectivity index (χ1) is 17.7. The van der Waals surface area contributed by atoms with E-state index in [1.165, 1.54) is 20.3 Å². The van der Waals surface area contributed by atoms with E-state index in [0.717, 1.165) is 17.5 Å². The lowest BCUT2D eigenvalue weighted by molar-refractivity contribution is -0.141. The van der Waals surface area contributed by atoms with Gasteiger partial charge in [0, 0.05) is 11.1 Å². The highest BCUT2D eigenvalue weighted by Gasteiger charge is 2.21. The van der Waals surface area contributed by atoms with Crippen LogP contribution < -0.4 is 14.2 Å². The molecule has 37 heavy (non-hydrogen) atoms. The summed E-state index contributed by atoms with van der Waals surface area (Å²) in [6, 6.07) is 17.7. The molecule has 6 heteroatoms. The van der Waals surface area contributed by atoms with E-state index in [2.05, 4.69) is 5.92 Å². The first-order valence-corrected chi connectivity index (χ1v) is 12.1. The van der Waals surface area contributed by atoms with Gasteiger partial charge in [-0.05, 0) is 73.7 Å². The van der Waals surface area contributed by atoms with Gasteiger partial charge in [0.05, 0.1) is 20.6 Å². The average Bonchev–Trinajstić information content (AvgIpc) is 2.91. The molecule has 1 atom stereocenters. The van der Waals surface area contributed by atoms with Crippen LogP contribution in [0, 0.1) is 18.2 Å². The molecule has 0 radical (unpaired) electrons. The highest BCUT2D eigenvalue weighted by molar-refractivity contribution is 5.73. The zero-order chi connectivity index (χ0) is 27.0. The monoisotopic (exact) mass is 504 g/mol. The molecule has 194 valence electrons. The summed E-state index contributed by atoms with van der Waals surface area (Å²) >= 11 is 0. The average molecular weight is 505 g/mol. The maximum Gasteiger partial charge on any atom is 0.306 e. The summed E-state index contributed by atoms with van der Waals surface area (Å²) in [7, 11) is 2.93. The Hall–Kier alpha value is -3.98. The van der Waals surface area contributed by atoms with E-state index in [-0.39, 0.29) is 18.5 Å². The lowest BCUT2D eigenvalue weighted by Crippen LogP contribution is -2.26. The second-order valence-corrected chi connectivity index (χ2v) is 9.18. The number of hydrogen-bond acceptors (Lipinski definition) is 5. The van der Waals surface area contributed by atoms with Crippen molar-refractivity contribution in [2.75, 3.05) is 14.2 Å². The lowest BCUT2D eigenvalue weighted by atomic mass is 9.93. The number of carbonyl (C=O) groups is 1. The van der Waals surface area contributed by atoms with E-state index < -0.39 is 11.4 Å². The third-order valence-electron chi connectivity index (χ3n) is 6.09. The molecular formula is C31H33FO5. The fourth-order valence-corrected chi connectivity index (χ4v) is 3.91. The summed E-state index contributed by atoms with van der Waals surface area (Å²) in [5.41, 5.74) is 1.82. The highest BCUT2D eigenvalue weighted by atomic mass is 19.1. The summed E-state index contributed by atoms with van der Waals surface area (Å²) in [6.07, 6.45) is 6.77. The molecular weight excluding hydrogens is 471 g/mol. The molecule has 0 aliphatic rings. The molecule has 0 aliphatic carbocycles. The van der Waals surface area contributed by atoms with Gasteiger partial charge in [-0.3, -0.25) is 4.79 Å². The SMILES string of the molecule is C#CC(C)(C)Oc1cc(COc2cccc(C(CC)CC(=O)OC)c2)ccc1-c1cc(OC)ccc1F. The minimum atomic E-state index is -0.910. The fraction of sp³-hybridized carbons (Fsp3) is 0.323. The van der Waals surface area contributed by atoms with Gasteiger partial charge in [-0.1, -0.05) is 37.1 Å². The minimum Gasteiger partial charge on any atom is -0.497 e. The zero-order valence-corrected chi connectivity index (χ0v) is 22.0. The first-order valence-electron chi connectivity index (χ1n) is 12.1. The number of terminal acetylenes is 1. The molecule has 0 aromatic heterocycles. The Morgan fingerprint density at radius 3 is 2.49 bits per heavy atom. The Labute approximate surface area is 218 Å². The predicted molar refractivity (Wildman–Crippen MR) is 142 cm³/mol. The van der Waals surface area contributed by atoms with Gasteiger partial charge in [0.15, 0.2) is 5.60 Å². The van der Waals surface area contributed by atoms with Gasteiger partial charge in [-0.25, -0.2) is 4.39 Å². The van der Waals surface area contributed by atoms with Crippen LogP contribution in [0.1, 0.15) is 50.7 Å². The van der Waals surface area contributed by atoms with Crippen LogP contribution in [0.2, 0.25) is 0 Å². The molecule has 0 fully saturated rings. The van der Waals surface area contributed by atoms with Crippen molar-refractivity contribution in [1.29, 1.82) is 0 Å². The second-order valence-electron chi connectivity index (χ2n) is 9.18. The van der Waals surface area contributed by atoms with E-state index in [0.29, 0.717) is 34.8 Å². The molecule has 0 heterocycles. The molecule has 0 N–H and O–H groups in total. The number of ether oxygens (including phenoxy) is 4. The molecule has 0 aliphatic heterocycles. The van der Waals surface area contributed by atoms with E-state index in [9.17, 15) is 9.18 Å². The fourth-order valence-electron chi connectivity index (χ4n) is 3.91. The number of carbonyl (C=O) groups excluding carboxylic acids is 1. The largest absolute Gasteiger partial charge is 0.497 e. The molecule has 3 rings (SSSR count). The van der Waals surface area contributed by atoms with Crippen LogP contribution in [0.5, 0.6) is 17.2 Å². The molecule has 1 unspecified atom stereocenters. The Morgan fingerprint density at radius 1 is 1.03 bits per heavy atom. The molecule has 0 bridgehead atoms. The summed E-state index contributed by atoms with van der Waals surface area (Å²) in [5.74, 6) is 3.66. The topological polar surface area (TPSA) is 54.0 Å². The Balaban J connectivity index is 1.88. The number of benzene rings is 3. The van der Waals surface area contributed by atoms with Crippen LogP contribution >= 0.6 is 0 Å². The summed E-state index contributed by atoms with van der Waals surface area (Å²) in [6.45, 7) is 5.83. The van der Waals surface area contributed by atoms with Crippen molar-refractivity contribution in [3.05, 3.63) is 77.6 Å². The van der Waals surface area contributed by atoms with Crippen LogP contribution in [-0.2, 0) is 16.1 Å². The quantitative estimate of drug-likeness (QED) is 0.209. The van der Waals surface area contributed by atoms with Crippen molar-refractivity contribution in [3.63, 3.8) is 0 Å². The van der Waals surface area contributed by atoms with Gasteiger partial charge in [-0.15, -0.1) is 6.42 Å². The minimum absolute atomic E-state index is 0.0408. The number of hydrogen-bond donors (Lipinski definition) is 0. The van der Waals surface area contributed by atoms with E-state index in [4.69, 9.17) is 25.4 Å². The number of methoxy groups -OCH3 is 2. The van der Waals surface area contributed by atoms with Gasteiger partial charge in [0.2, 0.25) is 0 Å². The molecule has 0 saturated heterocycles.